The van der Waals surface area contributed by atoms with E-state index < -0.39 is 0 Å². The van der Waals surface area contributed by atoms with E-state index in [2.05, 4.69) is 57.4 Å². The second kappa shape index (κ2) is 8.97. The number of hydrogen-bond acceptors (Lipinski definition) is 6. The molecule has 0 spiro atoms. The van der Waals surface area contributed by atoms with Crippen LogP contribution in [0.4, 0.5) is 4.79 Å². The molecule has 0 N–H and O–H groups in total. The van der Waals surface area contributed by atoms with Crippen LogP contribution in [-0.2, 0) is 9.47 Å². The van der Waals surface area contributed by atoms with Crippen molar-refractivity contribution in [2.45, 2.75) is 24.4 Å². The van der Waals surface area contributed by atoms with Crippen LogP contribution in [0.1, 0.15) is 29.0 Å². The highest BCUT2D eigenvalue weighted by atomic mass is 16.6. The number of hydrogen-bond donors (Lipinski definition) is 0. The van der Waals surface area contributed by atoms with Crippen molar-refractivity contribution < 1.29 is 14.3 Å². The first-order valence-electron chi connectivity index (χ1n) is 12.5. The molecule has 0 saturated carbocycles. The van der Waals surface area contributed by atoms with Gasteiger partial charge in [-0.3, -0.25) is 9.47 Å². The maximum atomic E-state index is 13.4. The van der Waals surface area contributed by atoms with Crippen LogP contribution in [0.5, 0.6) is 0 Å². The fraction of sp³-hybridized carbons (Fsp3) is 0.241. The summed E-state index contributed by atoms with van der Waals surface area (Å²) >= 11 is 0. The van der Waals surface area contributed by atoms with Crippen LogP contribution in [0, 0.1) is 0 Å². The van der Waals surface area contributed by atoms with Crippen LogP contribution in [0.25, 0.3) is 22.6 Å². The highest BCUT2D eigenvalue weighted by Gasteiger charge is 2.40. The standard InChI is InChI=1S/C29H25N5O3/c35-29(37-17-27-25-7-3-1-5-23(25)24-6-2-4-8-26(24)27)34-21-11-19(12-22(34)16-36-15-21)20-13-31-28(32-14-20)33-10-9-30-18-33/h1-11,13-14,18,21-22,27H,12,15-17H2. The third kappa shape index (κ3) is 3.81. The lowest BCUT2D eigenvalue weighted by Crippen LogP contribution is -2.56. The predicted octanol–water partition coefficient (Wildman–Crippen LogP) is 4.47. The number of benzene rings is 2. The van der Waals surface area contributed by atoms with E-state index in [1.807, 2.05) is 35.6 Å². The number of fused-ring (bicyclic) bond motifs is 5. The van der Waals surface area contributed by atoms with Crippen molar-refractivity contribution >= 4 is 11.7 Å². The Hall–Kier alpha value is -4.30. The molecule has 4 aromatic rings. The molecule has 1 aliphatic carbocycles. The maximum Gasteiger partial charge on any atom is 0.410 e. The Kier molecular flexibility index (Phi) is 5.32. The first kappa shape index (κ1) is 21.9. The minimum absolute atomic E-state index is 0.0366. The summed E-state index contributed by atoms with van der Waals surface area (Å²) in [4.78, 5) is 28.3. The zero-order chi connectivity index (χ0) is 24.8. The second-order valence-corrected chi connectivity index (χ2v) is 9.61. The molecule has 2 aromatic carbocycles. The number of imidazole rings is 1. The van der Waals surface area contributed by atoms with E-state index in [4.69, 9.17) is 9.47 Å². The average molecular weight is 492 g/mol. The Labute approximate surface area is 214 Å². The van der Waals surface area contributed by atoms with Crippen LogP contribution < -0.4 is 0 Å². The van der Waals surface area contributed by atoms with Gasteiger partial charge >= 0.3 is 6.09 Å². The van der Waals surface area contributed by atoms with E-state index in [0.29, 0.717) is 32.2 Å². The van der Waals surface area contributed by atoms with Crippen molar-refractivity contribution in [3.63, 3.8) is 0 Å². The molecule has 7 rings (SSSR count). The fourth-order valence-corrected chi connectivity index (χ4v) is 5.76. The monoisotopic (exact) mass is 491 g/mol. The Morgan fingerprint density at radius 3 is 2.41 bits per heavy atom. The van der Waals surface area contributed by atoms with Crippen molar-refractivity contribution in [2.24, 2.45) is 0 Å². The molecular weight excluding hydrogens is 466 g/mol. The summed E-state index contributed by atoms with van der Waals surface area (Å²) in [6.07, 6.45) is 11.3. The highest BCUT2D eigenvalue weighted by Crippen LogP contribution is 2.44. The summed E-state index contributed by atoms with van der Waals surface area (Å²) < 4.78 is 13.6. The number of morpholine rings is 1. The van der Waals surface area contributed by atoms with Gasteiger partial charge in [-0.15, -0.1) is 0 Å². The Morgan fingerprint density at radius 2 is 1.73 bits per heavy atom. The van der Waals surface area contributed by atoms with E-state index in [1.165, 1.54) is 22.3 Å². The minimum Gasteiger partial charge on any atom is -0.448 e. The topological polar surface area (TPSA) is 82.4 Å². The van der Waals surface area contributed by atoms with Crippen molar-refractivity contribution in [3.05, 3.63) is 102 Å². The van der Waals surface area contributed by atoms with E-state index in [1.54, 1.807) is 17.1 Å². The van der Waals surface area contributed by atoms with Crippen LogP contribution in [-0.4, -0.2) is 62.4 Å². The highest BCUT2D eigenvalue weighted by molar-refractivity contribution is 5.79. The lowest BCUT2D eigenvalue weighted by molar-refractivity contribution is -0.0331. The van der Waals surface area contributed by atoms with Gasteiger partial charge in [0.1, 0.15) is 12.9 Å². The summed E-state index contributed by atoms with van der Waals surface area (Å²) in [7, 11) is 0. The van der Waals surface area contributed by atoms with Crippen LogP contribution in [0.3, 0.4) is 0 Å². The number of rotatable bonds is 4. The van der Waals surface area contributed by atoms with Crippen LogP contribution in [0.2, 0.25) is 0 Å². The maximum absolute atomic E-state index is 13.4. The predicted molar refractivity (Wildman–Crippen MR) is 137 cm³/mol. The summed E-state index contributed by atoms with van der Waals surface area (Å²) in [5.41, 5.74) is 6.93. The lowest BCUT2D eigenvalue weighted by Gasteiger charge is -2.43. The molecular formula is C29H25N5O3. The molecule has 2 unspecified atom stereocenters. The second-order valence-electron chi connectivity index (χ2n) is 9.61. The van der Waals surface area contributed by atoms with Gasteiger partial charge in [0, 0.05) is 36.3 Å². The summed E-state index contributed by atoms with van der Waals surface area (Å²) in [5, 5.41) is 0. The van der Waals surface area contributed by atoms with Gasteiger partial charge in [-0.05, 0) is 34.2 Å². The largest absolute Gasteiger partial charge is 0.448 e. The fourth-order valence-electron chi connectivity index (χ4n) is 5.76. The Morgan fingerprint density at radius 1 is 1.00 bits per heavy atom. The third-order valence-corrected chi connectivity index (χ3v) is 7.49. The van der Waals surface area contributed by atoms with Gasteiger partial charge in [0.2, 0.25) is 5.95 Å². The Bertz CT molecular complexity index is 1440. The lowest BCUT2D eigenvalue weighted by atomic mass is 9.91. The van der Waals surface area contributed by atoms with Gasteiger partial charge in [0.25, 0.3) is 0 Å². The molecule has 2 atom stereocenters. The van der Waals surface area contributed by atoms with E-state index >= 15 is 0 Å². The molecule has 4 heterocycles. The van der Waals surface area contributed by atoms with Crippen molar-refractivity contribution in [2.75, 3.05) is 19.8 Å². The molecule has 0 radical (unpaired) electrons. The normalized spacial score (nSPS) is 20.2. The first-order valence-corrected chi connectivity index (χ1v) is 12.5. The summed E-state index contributed by atoms with van der Waals surface area (Å²) in [6, 6.07) is 16.5. The molecule has 2 bridgehead atoms. The molecule has 184 valence electrons. The Balaban J connectivity index is 1.09. The molecule has 2 aliphatic heterocycles. The van der Waals surface area contributed by atoms with Gasteiger partial charge in [-0.2, -0.15) is 0 Å². The molecule has 1 saturated heterocycles. The van der Waals surface area contributed by atoms with Gasteiger partial charge in [-0.1, -0.05) is 54.6 Å². The molecule has 2 aromatic heterocycles. The van der Waals surface area contributed by atoms with Crippen LogP contribution >= 0.6 is 0 Å². The van der Waals surface area contributed by atoms with Crippen molar-refractivity contribution in [3.8, 4) is 17.1 Å². The van der Waals surface area contributed by atoms with Gasteiger partial charge in [-0.25, -0.2) is 19.7 Å². The molecule has 1 fully saturated rings. The number of nitrogens with zero attached hydrogens (tertiary/aromatic N) is 5. The number of amides is 1. The number of ether oxygens (including phenoxy) is 2. The number of carbonyl (C=O) groups is 1. The van der Waals surface area contributed by atoms with Gasteiger partial charge < -0.3 is 9.47 Å². The molecule has 37 heavy (non-hydrogen) atoms. The van der Waals surface area contributed by atoms with Crippen LogP contribution in [0.15, 0.2) is 85.7 Å². The molecule has 8 heteroatoms. The van der Waals surface area contributed by atoms with E-state index in [-0.39, 0.29) is 24.1 Å². The first-order chi connectivity index (χ1) is 18.3. The molecule has 8 nitrogen and oxygen atoms in total. The average Bonchev–Trinajstić information content (AvgIpc) is 3.58. The zero-order valence-electron chi connectivity index (χ0n) is 20.1. The van der Waals surface area contributed by atoms with Gasteiger partial charge in [0.15, 0.2) is 0 Å². The quantitative estimate of drug-likeness (QED) is 0.419. The van der Waals surface area contributed by atoms with Crippen molar-refractivity contribution in [1.82, 2.24) is 24.4 Å². The SMILES string of the molecule is O=C(OCC1c2ccccc2-c2ccccc21)N1C2C=C(c3cnc(-n4ccnc4)nc3)CC1COC2. The number of aromatic nitrogens is 4. The minimum atomic E-state index is -0.290. The smallest absolute Gasteiger partial charge is 0.410 e. The third-order valence-electron chi connectivity index (χ3n) is 7.49. The molecule has 1 amide bonds. The molecule has 3 aliphatic rings. The van der Waals surface area contributed by atoms with E-state index in [0.717, 1.165) is 11.1 Å². The van der Waals surface area contributed by atoms with Gasteiger partial charge in [0.05, 0.1) is 25.3 Å². The number of carbonyl (C=O) groups excluding carboxylic acids is 1. The summed E-state index contributed by atoms with van der Waals surface area (Å²) in [5.74, 6) is 0.607. The van der Waals surface area contributed by atoms with Crippen molar-refractivity contribution in [1.29, 1.82) is 0 Å². The van der Waals surface area contributed by atoms with E-state index in [9.17, 15) is 4.79 Å². The zero-order valence-corrected chi connectivity index (χ0v) is 20.1. The summed E-state index contributed by atoms with van der Waals surface area (Å²) in [6.45, 7) is 1.23.